The van der Waals surface area contributed by atoms with E-state index in [0.29, 0.717) is 21.8 Å². The van der Waals surface area contributed by atoms with Gasteiger partial charge in [-0.15, -0.1) is 0 Å². The minimum atomic E-state index is 0.147. The molecular weight excluding hydrogens is 508 g/mol. The maximum absolute atomic E-state index is 10.2. The topological polar surface area (TPSA) is 58.6 Å². The third-order valence-corrected chi connectivity index (χ3v) is 6.16. The minimum Gasteiger partial charge on any atom is -0.506 e. The fraction of sp³-hybridized carbons (Fsp3) is 0.167. The Kier molecular flexibility index (Phi) is 6.06. The summed E-state index contributed by atoms with van der Waals surface area (Å²) in [5.74, 6) is 1.20. The maximum Gasteiger partial charge on any atom is 0.227 e. The molecule has 1 atom stereocenters. The van der Waals surface area contributed by atoms with Gasteiger partial charge in [-0.25, -0.2) is 4.98 Å². The van der Waals surface area contributed by atoms with Crippen LogP contribution in [0.5, 0.6) is 5.75 Å². The van der Waals surface area contributed by atoms with Gasteiger partial charge >= 0.3 is 0 Å². The summed E-state index contributed by atoms with van der Waals surface area (Å²) in [5.41, 5.74) is 5.11. The van der Waals surface area contributed by atoms with Crippen molar-refractivity contribution in [2.45, 2.75) is 26.2 Å². The van der Waals surface area contributed by atoms with Crippen molar-refractivity contribution in [3.63, 3.8) is 0 Å². The second-order valence-corrected chi connectivity index (χ2v) is 8.96. The lowest BCUT2D eigenvalue weighted by molar-refractivity contribution is 0.471. The van der Waals surface area contributed by atoms with Crippen LogP contribution in [0.4, 0.5) is 5.69 Å². The molecule has 6 heteroatoms. The van der Waals surface area contributed by atoms with E-state index in [0.717, 1.165) is 33.2 Å². The lowest BCUT2D eigenvalue weighted by Crippen LogP contribution is -1.90. The number of hydrogen-bond donors (Lipinski definition) is 1. The molecule has 0 radical (unpaired) electrons. The molecule has 0 aliphatic rings. The fourth-order valence-electron chi connectivity index (χ4n) is 3.16. The summed E-state index contributed by atoms with van der Waals surface area (Å²) >= 11 is 6.77. The van der Waals surface area contributed by atoms with Crippen molar-refractivity contribution in [3.8, 4) is 17.2 Å². The normalized spacial score (nSPS) is 12.7. The molecule has 4 nitrogen and oxygen atoms in total. The van der Waals surface area contributed by atoms with Crippen molar-refractivity contribution in [1.82, 2.24) is 4.98 Å². The quantitative estimate of drug-likeness (QED) is 0.267. The summed E-state index contributed by atoms with van der Waals surface area (Å²) in [6.45, 7) is 4.40. The number of halogens is 2. The van der Waals surface area contributed by atoms with E-state index in [1.807, 2.05) is 36.4 Å². The zero-order valence-electron chi connectivity index (χ0n) is 16.6. The van der Waals surface area contributed by atoms with Crippen LogP contribution in [0.2, 0.25) is 0 Å². The first-order chi connectivity index (χ1) is 14.4. The molecule has 3 aromatic carbocycles. The van der Waals surface area contributed by atoms with E-state index in [2.05, 4.69) is 67.8 Å². The van der Waals surface area contributed by atoms with Gasteiger partial charge in [-0.1, -0.05) is 41.9 Å². The van der Waals surface area contributed by atoms with Gasteiger partial charge in [0, 0.05) is 21.8 Å². The fourth-order valence-corrected chi connectivity index (χ4v) is 4.42. The van der Waals surface area contributed by atoms with Crippen LogP contribution >= 0.6 is 31.9 Å². The van der Waals surface area contributed by atoms with Crippen LogP contribution in [0, 0.1) is 0 Å². The van der Waals surface area contributed by atoms with Gasteiger partial charge in [0.05, 0.1) is 10.2 Å². The zero-order chi connectivity index (χ0) is 21.3. The second kappa shape index (κ2) is 8.74. The van der Waals surface area contributed by atoms with Crippen LogP contribution in [-0.2, 0) is 0 Å². The van der Waals surface area contributed by atoms with Gasteiger partial charge in [0.25, 0.3) is 0 Å². The SMILES string of the molecule is CCC(C)c1ccc2oc(-c3cccc(N=Cc4cc(Br)cc(Br)c4O)c3)nc2c1. The van der Waals surface area contributed by atoms with Gasteiger partial charge < -0.3 is 9.52 Å². The molecule has 0 amide bonds. The van der Waals surface area contributed by atoms with Gasteiger partial charge in [-0.2, -0.15) is 0 Å². The van der Waals surface area contributed by atoms with Crippen molar-refractivity contribution in [2.24, 2.45) is 4.99 Å². The Hall–Kier alpha value is -2.44. The van der Waals surface area contributed by atoms with Gasteiger partial charge in [-0.05, 0) is 76.3 Å². The summed E-state index contributed by atoms with van der Waals surface area (Å²) in [4.78, 5) is 9.20. The predicted octanol–water partition coefficient (Wildman–Crippen LogP) is 7.99. The highest BCUT2D eigenvalue weighted by atomic mass is 79.9. The van der Waals surface area contributed by atoms with Crippen molar-refractivity contribution < 1.29 is 9.52 Å². The Morgan fingerprint density at radius 2 is 1.97 bits per heavy atom. The number of hydrogen-bond acceptors (Lipinski definition) is 4. The molecule has 4 aromatic rings. The Morgan fingerprint density at radius 3 is 2.77 bits per heavy atom. The lowest BCUT2D eigenvalue weighted by Gasteiger charge is -2.07. The monoisotopic (exact) mass is 526 g/mol. The van der Waals surface area contributed by atoms with E-state index in [4.69, 9.17) is 4.42 Å². The summed E-state index contributed by atoms with van der Waals surface area (Å²) in [5, 5.41) is 10.2. The van der Waals surface area contributed by atoms with Gasteiger partial charge in [0.15, 0.2) is 5.58 Å². The molecule has 1 aromatic heterocycles. The van der Waals surface area contributed by atoms with Crippen molar-refractivity contribution in [1.29, 1.82) is 0 Å². The largest absolute Gasteiger partial charge is 0.506 e. The molecule has 0 saturated heterocycles. The van der Waals surface area contributed by atoms with Crippen molar-refractivity contribution in [3.05, 3.63) is 74.7 Å². The molecule has 0 spiro atoms. The Labute approximate surface area is 191 Å². The lowest BCUT2D eigenvalue weighted by atomic mass is 9.98. The first-order valence-corrected chi connectivity index (χ1v) is 11.3. The van der Waals surface area contributed by atoms with Crippen LogP contribution < -0.4 is 0 Å². The molecule has 0 aliphatic carbocycles. The number of nitrogens with zero attached hydrogens (tertiary/aromatic N) is 2. The number of oxazole rings is 1. The number of aromatic nitrogens is 1. The molecule has 0 fully saturated rings. The number of rotatable bonds is 5. The molecule has 0 aliphatic heterocycles. The van der Waals surface area contributed by atoms with Gasteiger partial charge in [0.2, 0.25) is 5.89 Å². The number of phenols is 1. The zero-order valence-corrected chi connectivity index (χ0v) is 19.7. The Balaban J connectivity index is 1.65. The van der Waals surface area contributed by atoms with E-state index in [9.17, 15) is 5.11 Å². The highest BCUT2D eigenvalue weighted by molar-refractivity contribution is 9.11. The first-order valence-electron chi connectivity index (χ1n) is 9.67. The van der Waals surface area contributed by atoms with E-state index in [-0.39, 0.29) is 5.75 Å². The number of benzene rings is 3. The van der Waals surface area contributed by atoms with E-state index in [1.165, 1.54) is 5.56 Å². The van der Waals surface area contributed by atoms with E-state index >= 15 is 0 Å². The smallest absolute Gasteiger partial charge is 0.227 e. The second-order valence-electron chi connectivity index (χ2n) is 7.19. The molecule has 0 saturated carbocycles. The molecular formula is C24H20Br2N2O2. The standard InChI is InChI=1S/C24H20Br2N2O2/c1-3-14(2)15-7-8-22-21(11-15)28-24(30-22)16-5-4-6-19(10-16)27-13-17-9-18(25)12-20(26)23(17)29/h4-14,29H,3H2,1-2H3. The average molecular weight is 528 g/mol. The predicted molar refractivity (Wildman–Crippen MR) is 129 cm³/mol. The Bertz CT molecular complexity index is 1250. The van der Waals surface area contributed by atoms with E-state index < -0.39 is 0 Å². The van der Waals surface area contributed by atoms with Crippen molar-refractivity contribution >= 4 is 54.9 Å². The maximum atomic E-state index is 10.2. The molecule has 1 heterocycles. The third-order valence-electron chi connectivity index (χ3n) is 5.10. The van der Waals surface area contributed by atoms with Crippen molar-refractivity contribution in [2.75, 3.05) is 0 Å². The summed E-state index contributed by atoms with van der Waals surface area (Å²) in [6.07, 6.45) is 2.72. The van der Waals surface area contributed by atoms with Crippen LogP contribution in [0.1, 0.15) is 37.3 Å². The van der Waals surface area contributed by atoms with E-state index in [1.54, 1.807) is 12.3 Å². The molecule has 1 N–H and O–H groups in total. The van der Waals surface area contributed by atoms with Crippen LogP contribution in [0.3, 0.4) is 0 Å². The summed E-state index contributed by atoms with van der Waals surface area (Å²) in [7, 11) is 0. The highest BCUT2D eigenvalue weighted by Gasteiger charge is 2.11. The number of aromatic hydroxyl groups is 1. The average Bonchev–Trinajstić information content (AvgIpc) is 3.18. The number of fused-ring (bicyclic) bond motifs is 1. The number of phenolic OH excluding ortho intramolecular Hbond substituents is 1. The molecule has 4 rings (SSSR count). The minimum absolute atomic E-state index is 0.147. The van der Waals surface area contributed by atoms with Gasteiger partial charge in [0.1, 0.15) is 11.3 Å². The molecule has 30 heavy (non-hydrogen) atoms. The summed E-state index contributed by atoms with van der Waals surface area (Å²) < 4.78 is 7.43. The highest BCUT2D eigenvalue weighted by Crippen LogP contribution is 2.32. The molecule has 0 bridgehead atoms. The van der Waals surface area contributed by atoms with Crippen LogP contribution in [0.25, 0.3) is 22.6 Å². The number of aliphatic imine (C=N–C) groups is 1. The molecule has 152 valence electrons. The van der Waals surface area contributed by atoms with Crippen LogP contribution in [-0.4, -0.2) is 16.3 Å². The van der Waals surface area contributed by atoms with Gasteiger partial charge in [-0.3, -0.25) is 4.99 Å². The van der Waals surface area contributed by atoms with Crippen LogP contribution in [0.15, 0.2) is 73.0 Å². The Morgan fingerprint density at radius 1 is 1.13 bits per heavy atom. The first kappa shape index (κ1) is 20.8. The summed E-state index contributed by atoms with van der Waals surface area (Å²) in [6, 6.07) is 17.5. The molecule has 1 unspecified atom stereocenters. The third kappa shape index (κ3) is 4.35.